The number of nitrogens with one attached hydrogen (secondary N) is 1. The molecule has 210 valence electrons. The summed E-state index contributed by atoms with van der Waals surface area (Å²) in [6.45, 7) is 5.65. The number of hydrogen-bond donors (Lipinski definition) is 1. The number of anilines is 1. The van der Waals surface area contributed by atoms with Gasteiger partial charge in [0, 0.05) is 63.8 Å². The van der Waals surface area contributed by atoms with Crippen LogP contribution in [0, 0.1) is 10.1 Å². The van der Waals surface area contributed by atoms with E-state index in [1.54, 1.807) is 0 Å². The summed E-state index contributed by atoms with van der Waals surface area (Å²) in [7, 11) is -5.65. The molecule has 0 spiro atoms. The van der Waals surface area contributed by atoms with Gasteiger partial charge in [0.05, 0.1) is 34.1 Å². The number of sulfone groups is 1. The van der Waals surface area contributed by atoms with Crippen molar-refractivity contribution in [3.8, 4) is 0 Å². The number of nitrogens with zero attached hydrogens (tertiary/aromatic N) is 4. The van der Waals surface area contributed by atoms with Crippen LogP contribution in [0.15, 0.2) is 17.0 Å². The van der Waals surface area contributed by atoms with Crippen LogP contribution in [0.5, 0.6) is 0 Å². The van der Waals surface area contributed by atoms with Crippen LogP contribution in [-0.2, 0) is 24.1 Å². The summed E-state index contributed by atoms with van der Waals surface area (Å²) in [5.74, 6) is -1.02. The van der Waals surface area contributed by atoms with Crippen LogP contribution >= 0.6 is 15.9 Å². The molecule has 13 nitrogen and oxygen atoms in total. The van der Waals surface area contributed by atoms with Gasteiger partial charge in [-0.05, 0) is 13.1 Å². The monoisotopic (exact) mass is 627 g/mol. The highest BCUT2D eigenvalue weighted by molar-refractivity contribution is 9.09. The van der Waals surface area contributed by atoms with Crippen LogP contribution in [0.1, 0.15) is 17.3 Å². The van der Waals surface area contributed by atoms with Gasteiger partial charge in [0.15, 0.2) is 9.84 Å². The first kappa shape index (κ1) is 31.4. The summed E-state index contributed by atoms with van der Waals surface area (Å²) >= 11 is 3.29. The zero-order valence-electron chi connectivity index (χ0n) is 21.2. The number of likely N-dealkylation sites (N-methyl/N-ethyl adjacent to an activating group) is 1. The molecule has 0 atom stereocenters. The molecule has 0 aromatic heterocycles. The van der Waals surface area contributed by atoms with Gasteiger partial charge in [0.25, 0.3) is 21.7 Å². The van der Waals surface area contributed by atoms with Crippen LogP contribution < -0.4 is 10.2 Å². The van der Waals surface area contributed by atoms with E-state index in [-0.39, 0.29) is 48.1 Å². The van der Waals surface area contributed by atoms with Crippen LogP contribution in [0.2, 0.25) is 0 Å². The van der Waals surface area contributed by atoms with Crippen molar-refractivity contribution in [2.24, 2.45) is 0 Å². The van der Waals surface area contributed by atoms with Crippen molar-refractivity contribution >= 4 is 53.2 Å². The molecule has 0 saturated carbocycles. The van der Waals surface area contributed by atoms with Crippen molar-refractivity contribution in [1.29, 1.82) is 0 Å². The van der Waals surface area contributed by atoms with Crippen LogP contribution in [0.3, 0.4) is 0 Å². The lowest BCUT2D eigenvalue weighted by molar-refractivity contribution is -0.385. The van der Waals surface area contributed by atoms with Gasteiger partial charge < -0.3 is 15.1 Å². The largest absolute Gasteiger partial charge is 0.367 e. The Bertz CT molecular complexity index is 1170. The molecule has 1 saturated heterocycles. The Hall–Kier alpha value is -1.85. The van der Waals surface area contributed by atoms with Crippen molar-refractivity contribution < 1.29 is 30.7 Å². The van der Waals surface area contributed by atoms with Gasteiger partial charge in [-0.15, -0.1) is 0 Å². The van der Waals surface area contributed by atoms with E-state index in [1.165, 1.54) is 17.9 Å². The molecule has 0 bridgehead atoms. The molecule has 1 aromatic carbocycles. The topological polar surface area (TPSA) is 159 Å². The summed E-state index contributed by atoms with van der Waals surface area (Å²) in [5, 5.41) is 14.9. The first-order valence-electron chi connectivity index (χ1n) is 11.7. The predicted molar refractivity (Wildman–Crippen MR) is 144 cm³/mol. The third-order valence-electron chi connectivity index (χ3n) is 5.90. The lowest BCUT2D eigenvalue weighted by Gasteiger charge is -2.32. The van der Waals surface area contributed by atoms with Gasteiger partial charge >= 0.3 is 0 Å². The highest BCUT2D eigenvalue weighted by Gasteiger charge is 2.30. The summed E-state index contributed by atoms with van der Waals surface area (Å²) < 4.78 is 53.4. The summed E-state index contributed by atoms with van der Waals surface area (Å²) in [6, 6.07) is 2.09. The molecule has 1 heterocycles. The van der Waals surface area contributed by atoms with E-state index >= 15 is 0 Å². The number of carbonyl (C=O) groups excluding carboxylic acids is 1. The van der Waals surface area contributed by atoms with Crippen molar-refractivity contribution in [2.45, 2.75) is 11.8 Å². The predicted octanol–water partition coefficient (Wildman–Crippen LogP) is 0.543. The number of hydrogen-bond acceptors (Lipinski definition) is 11. The Kier molecular flexibility index (Phi) is 11.7. The molecular weight excluding hydrogens is 594 g/mol. The van der Waals surface area contributed by atoms with E-state index in [0.29, 0.717) is 11.9 Å². The molecule has 0 aliphatic carbocycles. The molecule has 2 rings (SSSR count). The van der Waals surface area contributed by atoms with Crippen molar-refractivity contribution in [2.75, 3.05) is 88.3 Å². The maximum absolute atomic E-state index is 13.0. The van der Waals surface area contributed by atoms with E-state index in [0.717, 1.165) is 38.5 Å². The maximum atomic E-state index is 13.0. The van der Waals surface area contributed by atoms with Gasteiger partial charge in [0.2, 0.25) is 0 Å². The van der Waals surface area contributed by atoms with Gasteiger partial charge in [-0.25, -0.2) is 8.42 Å². The smallest absolute Gasteiger partial charge is 0.283 e. The van der Waals surface area contributed by atoms with Gasteiger partial charge in [-0.3, -0.25) is 24.0 Å². The fourth-order valence-electron chi connectivity index (χ4n) is 3.79. The summed E-state index contributed by atoms with van der Waals surface area (Å²) in [4.78, 5) is 29.7. The SMILES string of the molecule is CCS(=O)(=O)c1cc([N+](=O)[O-])c(C(=O)NCCN2CCN(C)CC2)cc1N(CCBr)CCOS(C)(=O)=O. The van der Waals surface area contributed by atoms with Crippen molar-refractivity contribution in [1.82, 2.24) is 15.1 Å². The zero-order valence-corrected chi connectivity index (χ0v) is 24.4. The van der Waals surface area contributed by atoms with Crippen molar-refractivity contribution in [3.63, 3.8) is 0 Å². The van der Waals surface area contributed by atoms with Crippen molar-refractivity contribution in [3.05, 3.63) is 27.8 Å². The van der Waals surface area contributed by atoms with Crippen LogP contribution in [-0.4, -0.2) is 121 Å². The molecule has 1 fully saturated rings. The Morgan fingerprint density at radius 3 is 2.38 bits per heavy atom. The van der Waals surface area contributed by atoms with E-state index in [4.69, 9.17) is 4.18 Å². The lowest BCUT2D eigenvalue weighted by atomic mass is 10.1. The Labute approximate surface area is 226 Å². The Balaban J connectivity index is 2.41. The normalized spacial score (nSPS) is 15.5. The molecule has 0 unspecified atom stereocenters. The number of piperazine rings is 1. The molecule has 16 heteroatoms. The third kappa shape index (κ3) is 9.44. The molecule has 37 heavy (non-hydrogen) atoms. The molecule has 1 aromatic rings. The maximum Gasteiger partial charge on any atom is 0.283 e. The van der Waals surface area contributed by atoms with E-state index in [1.807, 2.05) is 7.05 Å². The minimum atomic E-state index is -3.94. The third-order valence-corrected chi connectivity index (χ3v) is 8.60. The Morgan fingerprint density at radius 1 is 1.19 bits per heavy atom. The minimum Gasteiger partial charge on any atom is -0.367 e. The standard InChI is InChI=1S/C21H34BrN5O8S2/c1-4-37(33,34)20-16-18(27(29)30)17(21(28)23-6-8-25-11-9-24(2)10-12-25)15-19(20)26(7-5-22)13-14-35-36(3,31)32/h15-16H,4-14H2,1-3H3,(H,23,28). The molecular formula is C21H34BrN5O8S2. The van der Waals surface area contributed by atoms with Gasteiger partial charge in [-0.1, -0.05) is 22.9 Å². The average Bonchev–Trinajstić information content (AvgIpc) is 2.83. The highest BCUT2D eigenvalue weighted by Crippen LogP contribution is 2.34. The number of amides is 1. The Morgan fingerprint density at radius 2 is 1.84 bits per heavy atom. The summed E-state index contributed by atoms with van der Waals surface area (Å²) in [5.41, 5.74) is -0.843. The average molecular weight is 629 g/mol. The molecule has 0 radical (unpaired) electrons. The molecule has 1 aliphatic rings. The molecule has 1 amide bonds. The first-order valence-corrected chi connectivity index (χ1v) is 16.3. The zero-order chi connectivity index (χ0) is 27.8. The van der Waals surface area contributed by atoms with E-state index < -0.39 is 36.5 Å². The fraction of sp³-hybridized carbons (Fsp3) is 0.667. The molecule has 1 N–H and O–H groups in total. The highest BCUT2D eigenvalue weighted by atomic mass is 79.9. The quantitative estimate of drug-likeness (QED) is 0.133. The number of nitro benzene ring substituents is 1. The number of nitro groups is 1. The lowest BCUT2D eigenvalue weighted by Crippen LogP contribution is -2.46. The number of benzene rings is 1. The van der Waals surface area contributed by atoms with Crippen LogP contribution in [0.4, 0.5) is 11.4 Å². The fourth-order valence-corrected chi connectivity index (χ4v) is 5.70. The van der Waals surface area contributed by atoms with Gasteiger partial charge in [-0.2, -0.15) is 8.42 Å². The van der Waals surface area contributed by atoms with E-state index in [2.05, 4.69) is 31.0 Å². The first-order chi connectivity index (χ1) is 17.3. The second-order valence-electron chi connectivity index (χ2n) is 8.60. The minimum absolute atomic E-state index is 0.0345. The number of carbonyl (C=O) groups is 1. The second kappa shape index (κ2) is 13.8. The number of halogens is 1. The second-order valence-corrected chi connectivity index (χ2v) is 13.3. The van der Waals surface area contributed by atoms with Gasteiger partial charge in [0.1, 0.15) is 5.56 Å². The van der Waals surface area contributed by atoms with E-state index in [9.17, 15) is 31.7 Å². The summed E-state index contributed by atoms with van der Waals surface area (Å²) in [6.07, 6.45) is 0.894. The van der Waals surface area contributed by atoms with Crippen LogP contribution in [0.25, 0.3) is 0 Å². The number of alkyl halides is 1. The number of rotatable bonds is 14. The molecule has 1 aliphatic heterocycles.